The Morgan fingerprint density at radius 3 is 2.37 bits per heavy atom. The third kappa shape index (κ3) is 6.22. The van der Waals surface area contributed by atoms with Crippen LogP contribution in [0.3, 0.4) is 0 Å². The Bertz CT molecular complexity index is 408. The number of carbonyl (C=O) groups excluding carboxylic acids is 1. The van der Waals surface area contributed by atoms with Gasteiger partial charge in [-0.05, 0) is 44.9 Å². The average molecular weight is 267 g/mol. The number of aliphatic hydroxyl groups is 1. The fourth-order valence-electron chi connectivity index (χ4n) is 1.43. The minimum Gasteiger partial charge on any atom is -0.428 e. The fraction of sp³-hybridized carbons (Fsp3) is 0.500. The van der Waals surface area contributed by atoms with Crippen molar-refractivity contribution in [3.05, 3.63) is 29.8 Å². The number of rotatable bonds is 4. The minimum atomic E-state index is -0.729. The molecule has 5 nitrogen and oxygen atoms in total. The first kappa shape index (κ1) is 15.5. The molecule has 0 aliphatic rings. The van der Waals surface area contributed by atoms with E-state index in [0.717, 1.165) is 5.56 Å². The van der Waals surface area contributed by atoms with Crippen LogP contribution in [0, 0.1) is 0 Å². The third-order valence-corrected chi connectivity index (χ3v) is 2.25. The molecular formula is C14H21NO4. The molecule has 0 spiro atoms. The molecule has 19 heavy (non-hydrogen) atoms. The highest BCUT2D eigenvalue weighted by molar-refractivity contribution is 5.64. The van der Waals surface area contributed by atoms with Crippen molar-refractivity contribution in [1.29, 1.82) is 0 Å². The van der Waals surface area contributed by atoms with Crippen molar-refractivity contribution >= 4 is 6.16 Å². The molecule has 0 aromatic heterocycles. The van der Waals surface area contributed by atoms with Gasteiger partial charge in [0.25, 0.3) is 0 Å². The summed E-state index contributed by atoms with van der Waals surface area (Å²) in [4.78, 5) is 11.4. The second-order valence-electron chi connectivity index (χ2n) is 5.36. The van der Waals surface area contributed by atoms with Crippen LogP contribution in [0.25, 0.3) is 0 Å². The molecule has 1 rings (SSSR count). The van der Waals surface area contributed by atoms with Gasteiger partial charge in [-0.25, -0.2) is 4.79 Å². The zero-order valence-corrected chi connectivity index (χ0v) is 11.6. The zero-order chi connectivity index (χ0) is 14.5. The second-order valence-corrected chi connectivity index (χ2v) is 5.36. The van der Waals surface area contributed by atoms with E-state index in [9.17, 15) is 4.79 Å². The molecule has 0 aliphatic carbocycles. The number of hydrogen-bond donors (Lipinski definition) is 2. The molecule has 0 heterocycles. The lowest BCUT2D eigenvalue weighted by Crippen LogP contribution is -2.27. The third-order valence-electron chi connectivity index (χ3n) is 2.25. The van der Waals surface area contributed by atoms with Crippen molar-refractivity contribution in [3.63, 3.8) is 0 Å². The molecular weight excluding hydrogens is 246 g/mol. The molecule has 0 fully saturated rings. The number of benzene rings is 1. The van der Waals surface area contributed by atoms with E-state index in [1.165, 1.54) is 0 Å². The molecule has 0 aliphatic heterocycles. The van der Waals surface area contributed by atoms with Gasteiger partial charge in [0.2, 0.25) is 0 Å². The highest BCUT2D eigenvalue weighted by atomic mass is 16.7. The van der Waals surface area contributed by atoms with Crippen molar-refractivity contribution in [2.24, 2.45) is 5.73 Å². The van der Waals surface area contributed by atoms with Gasteiger partial charge in [-0.15, -0.1) is 0 Å². The molecule has 106 valence electrons. The smallest absolute Gasteiger partial charge is 0.428 e. The SMILES string of the molecule is CC(C)(C)OC(=O)Oc1ccc(CC(N)CO)cc1. The monoisotopic (exact) mass is 267 g/mol. The number of carbonyl (C=O) groups is 1. The van der Waals surface area contributed by atoms with Crippen LogP contribution in [0.1, 0.15) is 26.3 Å². The predicted octanol–water partition coefficient (Wildman–Crippen LogP) is 1.86. The van der Waals surface area contributed by atoms with Crippen molar-refractivity contribution in [2.45, 2.75) is 38.8 Å². The van der Waals surface area contributed by atoms with Crippen LogP contribution in [0.15, 0.2) is 24.3 Å². The number of nitrogens with two attached hydrogens (primary N) is 1. The predicted molar refractivity (Wildman–Crippen MR) is 72.1 cm³/mol. The van der Waals surface area contributed by atoms with Gasteiger partial charge in [-0.2, -0.15) is 0 Å². The van der Waals surface area contributed by atoms with Gasteiger partial charge in [0.05, 0.1) is 6.61 Å². The standard InChI is InChI=1S/C14H21NO4/c1-14(2,3)19-13(17)18-12-6-4-10(5-7-12)8-11(15)9-16/h4-7,11,16H,8-9,15H2,1-3H3. The minimum absolute atomic E-state index is 0.0594. The largest absolute Gasteiger partial charge is 0.514 e. The van der Waals surface area contributed by atoms with Gasteiger partial charge in [0, 0.05) is 6.04 Å². The lowest BCUT2D eigenvalue weighted by atomic mass is 10.1. The Kier molecular flexibility index (Phi) is 5.32. The lowest BCUT2D eigenvalue weighted by Gasteiger charge is -2.18. The number of hydrogen-bond acceptors (Lipinski definition) is 5. The summed E-state index contributed by atoms with van der Waals surface area (Å²) in [5.41, 5.74) is 6.03. The van der Waals surface area contributed by atoms with Gasteiger partial charge in [-0.1, -0.05) is 12.1 Å². The molecule has 0 saturated carbocycles. The van der Waals surface area contributed by atoms with Crippen molar-refractivity contribution in [2.75, 3.05) is 6.61 Å². The molecule has 0 saturated heterocycles. The Morgan fingerprint density at radius 2 is 1.89 bits per heavy atom. The van der Waals surface area contributed by atoms with Crippen LogP contribution in [0.4, 0.5) is 4.79 Å². The Hall–Kier alpha value is -1.59. The molecule has 1 aromatic carbocycles. The van der Waals surface area contributed by atoms with E-state index in [4.69, 9.17) is 20.3 Å². The number of aliphatic hydroxyl groups excluding tert-OH is 1. The summed E-state index contributed by atoms with van der Waals surface area (Å²) in [7, 11) is 0. The van der Waals surface area contributed by atoms with E-state index in [-0.39, 0.29) is 12.6 Å². The van der Waals surface area contributed by atoms with Gasteiger partial charge < -0.3 is 20.3 Å². The summed E-state index contributed by atoms with van der Waals surface area (Å²) in [6.45, 7) is 5.26. The van der Waals surface area contributed by atoms with E-state index in [0.29, 0.717) is 12.2 Å². The molecule has 5 heteroatoms. The normalized spacial score (nSPS) is 12.9. The molecule has 0 amide bonds. The highest BCUT2D eigenvalue weighted by Gasteiger charge is 2.17. The van der Waals surface area contributed by atoms with E-state index in [1.807, 2.05) is 0 Å². The summed E-state index contributed by atoms with van der Waals surface area (Å²) < 4.78 is 10.1. The summed E-state index contributed by atoms with van der Waals surface area (Å²) in [6.07, 6.45) is -0.157. The van der Waals surface area contributed by atoms with Crippen LogP contribution < -0.4 is 10.5 Å². The summed E-state index contributed by atoms with van der Waals surface area (Å²) in [5, 5.41) is 8.87. The first-order chi connectivity index (χ1) is 8.80. The molecule has 1 unspecified atom stereocenters. The first-order valence-electron chi connectivity index (χ1n) is 6.16. The van der Waals surface area contributed by atoms with E-state index in [2.05, 4.69) is 0 Å². The molecule has 0 radical (unpaired) electrons. The van der Waals surface area contributed by atoms with Crippen LogP contribution in [0.5, 0.6) is 5.75 Å². The summed E-state index contributed by atoms with van der Waals surface area (Å²) in [5.74, 6) is 0.413. The van der Waals surface area contributed by atoms with Gasteiger partial charge >= 0.3 is 6.16 Å². The number of ether oxygens (including phenoxy) is 2. The fourth-order valence-corrected chi connectivity index (χ4v) is 1.43. The van der Waals surface area contributed by atoms with Crippen LogP contribution in [-0.2, 0) is 11.2 Å². The first-order valence-corrected chi connectivity index (χ1v) is 6.16. The topological polar surface area (TPSA) is 81.8 Å². The Labute approximate surface area is 113 Å². The molecule has 3 N–H and O–H groups in total. The van der Waals surface area contributed by atoms with Crippen molar-refractivity contribution in [3.8, 4) is 5.75 Å². The lowest BCUT2D eigenvalue weighted by molar-refractivity contribution is 0.0206. The quantitative estimate of drug-likeness (QED) is 0.643. The van der Waals surface area contributed by atoms with Crippen LogP contribution in [-0.4, -0.2) is 29.5 Å². The zero-order valence-electron chi connectivity index (χ0n) is 11.6. The Balaban J connectivity index is 2.55. The average Bonchev–Trinajstić information content (AvgIpc) is 2.29. The maximum atomic E-state index is 11.4. The van der Waals surface area contributed by atoms with Gasteiger partial charge in [0.15, 0.2) is 0 Å². The molecule has 1 aromatic rings. The van der Waals surface area contributed by atoms with Crippen molar-refractivity contribution in [1.82, 2.24) is 0 Å². The molecule has 0 bridgehead atoms. The van der Waals surface area contributed by atoms with Crippen LogP contribution >= 0.6 is 0 Å². The summed E-state index contributed by atoms with van der Waals surface area (Å²) in [6, 6.07) is 6.66. The maximum Gasteiger partial charge on any atom is 0.514 e. The van der Waals surface area contributed by atoms with Crippen molar-refractivity contribution < 1.29 is 19.4 Å². The van der Waals surface area contributed by atoms with E-state index >= 15 is 0 Å². The van der Waals surface area contributed by atoms with E-state index in [1.54, 1.807) is 45.0 Å². The second kappa shape index (κ2) is 6.54. The highest BCUT2D eigenvalue weighted by Crippen LogP contribution is 2.16. The van der Waals surface area contributed by atoms with Crippen LogP contribution in [0.2, 0.25) is 0 Å². The maximum absolute atomic E-state index is 11.4. The summed E-state index contributed by atoms with van der Waals surface area (Å²) >= 11 is 0. The molecule has 1 atom stereocenters. The Morgan fingerprint density at radius 1 is 1.32 bits per heavy atom. The van der Waals surface area contributed by atoms with Gasteiger partial charge in [0.1, 0.15) is 11.4 Å². The van der Waals surface area contributed by atoms with E-state index < -0.39 is 11.8 Å². The van der Waals surface area contributed by atoms with Gasteiger partial charge in [-0.3, -0.25) is 0 Å².